The fourth-order valence-corrected chi connectivity index (χ4v) is 4.61. The second kappa shape index (κ2) is 9.91. The molecule has 3 rings (SSSR count). The SMILES string of the molecule is CNc1ccc(S(=O)(=O)N(C)c2ccccc2)cc1N=C([O-])CC[n+]1cc(C)c(N)cc1C. The number of sulfonamides is 1. The molecule has 0 aliphatic carbocycles. The van der Waals surface area contributed by atoms with Crippen molar-refractivity contribution in [2.24, 2.45) is 4.99 Å². The van der Waals surface area contributed by atoms with Gasteiger partial charge in [0.25, 0.3) is 10.0 Å². The van der Waals surface area contributed by atoms with Crippen LogP contribution < -0.4 is 25.0 Å². The largest absolute Gasteiger partial charge is 0.862 e. The van der Waals surface area contributed by atoms with Gasteiger partial charge in [0, 0.05) is 44.8 Å². The summed E-state index contributed by atoms with van der Waals surface area (Å²) in [6.07, 6.45) is 2.07. The molecule has 33 heavy (non-hydrogen) atoms. The molecular formula is C24H29N5O3S. The van der Waals surface area contributed by atoms with Crippen molar-refractivity contribution in [3.05, 3.63) is 72.1 Å². The Kier molecular flexibility index (Phi) is 7.23. The minimum Gasteiger partial charge on any atom is -0.862 e. The lowest BCUT2D eigenvalue weighted by Gasteiger charge is -2.20. The molecule has 0 atom stereocenters. The highest BCUT2D eigenvalue weighted by molar-refractivity contribution is 7.92. The number of aliphatic imine (C=N–C) groups is 1. The van der Waals surface area contributed by atoms with Crippen LogP contribution in [0.2, 0.25) is 0 Å². The van der Waals surface area contributed by atoms with Gasteiger partial charge in [-0.2, -0.15) is 0 Å². The summed E-state index contributed by atoms with van der Waals surface area (Å²) in [7, 11) is -0.640. The smallest absolute Gasteiger partial charge is 0.264 e. The maximum Gasteiger partial charge on any atom is 0.264 e. The van der Waals surface area contributed by atoms with E-state index in [9.17, 15) is 13.5 Å². The van der Waals surface area contributed by atoms with Crippen LogP contribution in [0.1, 0.15) is 17.7 Å². The zero-order valence-corrected chi connectivity index (χ0v) is 20.1. The lowest BCUT2D eigenvalue weighted by atomic mass is 10.2. The predicted octanol–water partition coefficient (Wildman–Crippen LogP) is 2.52. The molecule has 0 radical (unpaired) electrons. The lowest BCUT2D eigenvalue weighted by molar-refractivity contribution is -0.702. The molecule has 0 spiro atoms. The zero-order valence-electron chi connectivity index (χ0n) is 19.2. The molecule has 8 nitrogen and oxygen atoms in total. The van der Waals surface area contributed by atoms with Crippen LogP contribution in [-0.2, 0) is 16.6 Å². The number of para-hydroxylation sites is 1. The van der Waals surface area contributed by atoms with Gasteiger partial charge < -0.3 is 16.2 Å². The number of nitrogen functional groups attached to an aromatic ring is 1. The molecule has 0 aliphatic heterocycles. The van der Waals surface area contributed by atoms with Gasteiger partial charge in [0.2, 0.25) is 0 Å². The molecular weight excluding hydrogens is 438 g/mol. The van der Waals surface area contributed by atoms with Crippen molar-refractivity contribution in [2.75, 3.05) is 29.5 Å². The fraction of sp³-hybridized carbons (Fsp3) is 0.250. The summed E-state index contributed by atoms with van der Waals surface area (Å²) in [5.74, 6) is -0.348. The minimum absolute atomic E-state index is 0.0544. The quantitative estimate of drug-likeness (QED) is 0.300. The molecule has 174 valence electrons. The highest BCUT2D eigenvalue weighted by Crippen LogP contribution is 2.30. The highest BCUT2D eigenvalue weighted by atomic mass is 32.2. The summed E-state index contributed by atoms with van der Waals surface area (Å²) < 4.78 is 29.4. The molecule has 0 unspecified atom stereocenters. The van der Waals surface area contributed by atoms with E-state index in [4.69, 9.17) is 5.73 Å². The third-order valence-corrected chi connectivity index (χ3v) is 7.23. The number of hydrogen-bond donors (Lipinski definition) is 2. The number of hydrogen-bond acceptors (Lipinski definition) is 6. The maximum absolute atomic E-state index is 13.1. The molecule has 3 aromatic rings. The molecule has 1 aromatic heterocycles. The van der Waals surface area contributed by atoms with Crippen LogP contribution in [0.5, 0.6) is 0 Å². The Morgan fingerprint density at radius 1 is 1.15 bits per heavy atom. The summed E-state index contributed by atoms with van der Waals surface area (Å²) in [5.41, 5.74) is 9.89. The Hall–Kier alpha value is -3.59. The minimum atomic E-state index is -3.83. The number of anilines is 3. The first-order valence-corrected chi connectivity index (χ1v) is 11.9. The first-order chi connectivity index (χ1) is 15.6. The molecule has 0 saturated heterocycles. The standard InChI is InChI=1S/C24H29N5O3S/c1-17-16-29(18(2)14-21(17)25)13-12-24(30)27-23-15-20(10-11-22(23)26-3)33(31,32)28(4)19-8-6-5-7-9-19/h5-11,14-16,25-26H,12-13H2,1-4H3,(H,27,30). The highest BCUT2D eigenvalue weighted by Gasteiger charge is 2.22. The Labute approximate surface area is 195 Å². The number of nitrogens with zero attached hydrogens (tertiary/aromatic N) is 3. The average Bonchev–Trinajstić information content (AvgIpc) is 2.80. The van der Waals surface area contributed by atoms with Crippen molar-refractivity contribution < 1.29 is 18.1 Å². The second-order valence-electron chi connectivity index (χ2n) is 7.74. The van der Waals surface area contributed by atoms with Gasteiger partial charge in [0.05, 0.1) is 22.0 Å². The summed E-state index contributed by atoms with van der Waals surface area (Å²) in [5, 5.41) is 15.6. The van der Waals surface area contributed by atoms with E-state index in [1.165, 1.54) is 23.5 Å². The molecule has 0 bridgehead atoms. The van der Waals surface area contributed by atoms with Gasteiger partial charge in [-0.15, -0.1) is 0 Å². The van der Waals surface area contributed by atoms with Crippen molar-refractivity contribution in [3.8, 4) is 0 Å². The molecule has 3 N–H and O–H groups in total. The molecule has 1 heterocycles. The first kappa shape index (κ1) is 24.1. The van der Waals surface area contributed by atoms with Crippen LogP contribution in [0.3, 0.4) is 0 Å². The second-order valence-corrected chi connectivity index (χ2v) is 9.71. The Bertz CT molecular complexity index is 1270. The van der Waals surface area contributed by atoms with Crippen molar-refractivity contribution >= 4 is 38.7 Å². The molecule has 0 saturated carbocycles. The summed E-state index contributed by atoms with van der Waals surface area (Å²) in [6, 6.07) is 15.2. The van der Waals surface area contributed by atoms with Gasteiger partial charge >= 0.3 is 0 Å². The molecule has 0 aliphatic rings. The van der Waals surface area contributed by atoms with Crippen molar-refractivity contribution in [2.45, 2.75) is 31.7 Å². The van der Waals surface area contributed by atoms with Crippen molar-refractivity contribution in [1.82, 2.24) is 0 Å². The summed E-state index contributed by atoms with van der Waals surface area (Å²) in [6.45, 7) is 4.28. The Morgan fingerprint density at radius 3 is 2.52 bits per heavy atom. The van der Waals surface area contributed by atoms with E-state index in [1.807, 2.05) is 36.7 Å². The topological polar surface area (TPSA) is 115 Å². The number of nitrogens with two attached hydrogens (primary N) is 1. The van der Waals surface area contributed by atoms with Gasteiger partial charge in [-0.1, -0.05) is 18.2 Å². The van der Waals surface area contributed by atoms with Crippen LogP contribution in [0.15, 0.2) is 70.7 Å². The van der Waals surface area contributed by atoms with Gasteiger partial charge in [0.15, 0.2) is 18.4 Å². The van der Waals surface area contributed by atoms with Gasteiger partial charge in [-0.05, 0) is 43.2 Å². The maximum atomic E-state index is 13.1. The molecule has 0 fully saturated rings. The van der Waals surface area contributed by atoms with Gasteiger partial charge in [-0.25, -0.2) is 13.0 Å². The third kappa shape index (κ3) is 5.43. The van der Waals surface area contributed by atoms with E-state index in [1.54, 1.807) is 37.4 Å². The molecule has 0 amide bonds. The monoisotopic (exact) mass is 467 g/mol. The number of aryl methyl sites for hydroxylation is 3. The van der Waals surface area contributed by atoms with Crippen molar-refractivity contribution in [1.29, 1.82) is 0 Å². The number of benzene rings is 2. The van der Waals surface area contributed by atoms with E-state index in [-0.39, 0.29) is 22.9 Å². The first-order valence-electron chi connectivity index (χ1n) is 10.5. The third-order valence-electron chi connectivity index (χ3n) is 5.45. The zero-order chi connectivity index (χ0) is 24.2. The van der Waals surface area contributed by atoms with Crippen LogP contribution in [-0.4, -0.2) is 28.4 Å². The van der Waals surface area contributed by atoms with Crippen molar-refractivity contribution in [3.63, 3.8) is 0 Å². The number of rotatable bonds is 8. The van der Waals surface area contributed by atoms with E-state index < -0.39 is 10.0 Å². The van der Waals surface area contributed by atoms with E-state index in [0.717, 1.165) is 11.3 Å². The predicted molar refractivity (Wildman–Crippen MR) is 130 cm³/mol. The lowest BCUT2D eigenvalue weighted by Crippen LogP contribution is -2.39. The fourth-order valence-electron chi connectivity index (χ4n) is 3.39. The van der Waals surface area contributed by atoms with Crippen LogP contribution in [0, 0.1) is 13.8 Å². The van der Waals surface area contributed by atoms with E-state index >= 15 is 0 Å². The van der Waals surface area contributed by atoms with Crippen LogP contribution in [0.4, 0.5) is 22.7 Å². The summed E-state index contributed by atoms with van der Waals surface area (Å²) >= 11 is 0. The average molecular weight is 468 g/mol. The molecule has 9 heteroatoms. The van der Waals surface area contributed by atoms with Gasteiger partial charge in [-0.3, -0.25) is 9.30 Å². The van der Waals surface area contributed by atoms with Gasteiger partial charge in [0.1, 0.15) is 0 Å². The Balaban J connectivity index is 1.87. The number of pyridine rings is 1. The van der Waals surface area contributed by atoms with Crippen LogP contribution >= 0.6 is 0 Å². The van der Waals surface area contributed by atoms with E-state index in [2.05, 4.69) is 10.3 Å². The van der Waals surface area contributed by atoms with Crippen LogP contribution in [0.25, 0.3) is 0 Å². The summed E-state index contributed by atoms with van der Waals surface area (Å²) in [4.78, 5) is 4.25. The normalized spacial score (nSPS) is 11.9. The Morgan fingerprint density at radius 2 is 1.85 bits per heavy atom. The molecule has 2 aromatic carbocycles. The number of aromatic nitrogens is 1. The number of nitrogens with one attached hydrogen (secondary N) is 1. The van der Waals surface area contributed by atoms with E-state index in [0.29, 0.717) is 23.6 Å².